The predicted molar refractivity (Wildman–Crippen MR) is 118 cm³/mol. The highest BCUT2D eigenvalue weighted by Crippen LogP contribution is 2.30. The number of pyridine rings is 2. The maximum Gasteiger partial charge on any atom is 0.109 e. The highest BCUT2D eigenvalue weighted by Gasteiger charge is 2.19. The van der Waals surface area contributed by atoms with Crippen molar-refractivity contribution in [3.63, 3.8) is 0 Å². The molecule has 0 bridgehead atoms. The summed E-state index contributed by atoms with van der Waals surface area (Å²) in [5.41, 5.74) is 5.55. The first-order chi connectivity index (χ1) is 14.3. The molecule has 5 nitrogen and oxygen atoms in total. The molecular weight excluding hydrogens is 358 g/mol. The van der Waals surface area contributed by atoms with Gasteiger partial charge in [-0.2, -0.15) is 0 Å². The molecule has 1 aromatic carbocycles. The lowest BCUT2D eigenvalue weighted by Gasteiger charge is -2.24. The van der Waals surface area contributed by atoms with Gasteiger partial charge >= 0.3 is 0 Å². The summed E-state index contributed by atoms with van der Waals surface area (Å²) in [5, 5.41) is 4.68. The minimum absolute atomic E-state index is 0.710. The number of imidazole rings is 1. The molecule has 0 unspecified atom stereocenters. The van der Waals surface area contributed by atoms with Gasteiger partial charge in [0.15, 0.2) is 0 Å². The first-order valence-corrected chi connectivity index (χ1v) is 10.7. The number of benzene rings is 1. The summed E-state index contributed by atoms with van der Waals surface area (Å²) in [4.78, 5) is 14.0. The van der Waals surface area contributed by atoms with Crippen LogP contribution in [0.15, 0.2) is 48.9 Å². The van der Waals surface area contributed by atoms with Gasteiger partial charge in [0.05, 0.1) is 17.2 Å². The smallest absolute Gasteiger partial charge is 0.109 e. The van der Waals surface area contributed by atoms with Crippen molar-refractivity contribution >= 4 is 21.9 Å². The van der Waals surface area contributed by atoms with Crippen LogP contribution in [-0.4, -0.2) is 32.6 Å². The third-order valence-corrected chi connectivity index (χ3v) is 6.02. The number of fused-ring (bicyclic) bond motifs is 3. The maximum absolute atomic E-state index is 4.97. The van der Waals surface area contributed by atoms with Gasteiger partial charge in [-0.1, -0.05) is 25.1 Å². The minimum Gasteiger partial charge on any atom is -0.327 e. The Kier molecular flexibility index (Phi) is 4.98. The standard InChI is InChI=1S/C24H27N5/c1-2-4-23-28-22-15-27-21-13-18(19-5-3-10-26-14-19)6-7-20(21)24(22)29(23)16-17-8-11-25-12-9-17/h3,5-7,10,13-15,17,25H,2,4,8-9,11-12,16H2,1H3. The molecule has 0 atom stereocenters. The van der Waals surface area contributed by atoms with E-state index >= 15 is 0 Å². The molecule has 4 heterocycles. The van der Waals surface area contributed by atoms with E-state index in [1.54, 1.807) is 6.20 Å². The predicted octanol–water partition coefficient (Wildman–Crippen LogP) is 4.60. The largest absolute Gasteiger partial charge is 0.327 e. The summed E-state index contributed by atoms with van der Waals surface area (Å²) in [5.74, 6) is 1.91. The third-order valence-electron chi connectivity index (χ3n) is 6.02. The lowest BCUT2D eigenvalue weighted by Crippen LogP contribution is -2.30. The summed E-state index contributed by atoms with van der Waals surface area (Å²) in [7, 11) is 0. The molecule has 1 aliphatic heterocycles. The monoisotopic (exact) mass is 385 g/mol. The van der Waals surface area contributed by atoms with Crippen LogP contribution >= 0.6 is 0 Å². The van der Waals surface area contributed by atoms with Crippen molar-refractivity contribution in [2.45, 2.75) is 39.2 Å². The Morgan fingerprint density at radius 2 is 1.97 bits per heavy atom. The second-order valence-corrected chi connectivity index (χ2v) is 8.05. The zero-order valence-electron chi connectivity index (χ0n) is 16.9. The summed E-state index contributed by atoms with van der Waals surface area (Å²) >= 11 is 0. The van der Waals surface area contributed by atoms with Crippen LogP contribution in [0.5, 0.6) is 0 Å². The molecule has 0 radical (unpaired) electrons. The van der Waals surface area contributed by atoms with Crippen molar-refractivity contribution in [3.05, 3.63) is 54.7 Å². The van der Waals surface area contributed by atoms with Crippen LogP contribution in [0.1, 0.15) is 32.0 Å². The van der Waals surface area contributed by atoms with Crippen LogP contribution in [0, 0.1) is 5.92 Å². The number of hydrogen-bond acceptors (Lipinski definition) is 4. The van der Waals surface area contributed by atoms with Crippen LogP contribution < -0.4 is 5.32 Å². The number of piperidine rings is 1. The van der Waals surface area contributed by atoms with Gasteiger partial charge in [0.2, 0.25) is 0 Å². The average molecular weight is 386 g/mol. The lowest BCUT2D eigenvalue weighted by atomic mass is 9.98. The molecule has 1 fully saturated rings. The van der Waals surface area contributed by atoms with E-state index < -0.39 is 0 Å². The Bertz CT molecular complexity index is 1130. The molecule has 0 amide bonds. The van der Waals surface area contributed by atoms with E-state index in [0.29, 0.717) is 5.92 Å². The Hall–Kier alpha value is -2.79. The molecule has 1 saturated heterocycles. The van der Waals surface area contributed by atoms with E-state index in [1.807, 2.05) is 18.5 Å². The van der Waals surface area contributed by atoms with Gasteiger partial charge in [0.1, 0.15) is 11.3 Å². The molecule has 0 aliphatic carbocycles. The fraction of sp³-hybridized carbons (Fsp3) is 0.375. The van der Waals surface area contributed by atoms with E-state index in [9.17, 15) is 0 Å². The highest BCUT2D eigenvalue weighted by molar-refractivity contribution is 6.03. The number of aromatic nitrogens is 4. The van der Waals surface area contributed by atoms with Crippen molar-refractivity contribution in [2.24, 2.45) is 5.92 Å². The molecule has 0 saturated carbocycles. The van der Waals surface area contributed by atoms with Crippen molar-refractivity contribution in [1.82, 2.24) is 24.8 Å². The third kappa shape index (κ3) is 3.51. The van der Waals surface area contributed by atoms with E-state index in [-0.39, 0.29) is 0 Å². The maximum atomic E-state index is 4.97. The topological polar surface area (TPSA) is 55.6 Å². The normalized spacial score (nSPS) is 15.3. The second kappa shape index (κ2) is 7.91. The van der Waals surface area contributed by atoms with Crippen LogP contribution in [0.2, 0.25) is 0 Å². The summed E-state index contributed by atoms with van der Waals surface area (Å²) in [6, 6.07) is 10.6. The number of aryl methyl sites for hydroxylation is 1. The molecule has 5 rings (SSSR count). The van der Waals surface area contributed by atoms with Gasteiger partial charge < -0.3 is 9.88 Å². The minimum atomic E-state index is 0.710. The van der Waals surface area contributed by atoms with E-state index in [2.05, 4.69) is 46.1 Å². The molecule has 148 valence electrons. The van der Waals surface area contributed by atoms with Gasteiger partial charge in [-0.3, -0.25) is 9.97 Å². The lowest BCUT2D eigenvalue weighted by molar-refractivity contribution is 0.333. The van der Waals surface area contributed by atoms with E-state index in [1.165, 1.54) is 29.6 Å². The van der Waals surface area contributed by atoms with Crippen LogP contribution in [0.3, 0.4) is 0 Å². The molecule has 1 aliphatic rings. The highest BCUT2D eigenvalue weighted by atomic mass is 15.1. The van der Waals surface area contributed by atoms with Crippen LogP contribution in [-0.2, 0) is 13.0 Å². The van der Waals surface area contributed by atoms with Crippen molar-refractivity contribution in [2.75, 3.05) is 13.1 Å². The summed E-state index contributed by atoms with van der Waals surface area (Å²) in [6.07, 6.45) is 10.2. The van der Waals surface area contributed by atoms with Gasteiger partial charge in [0, 0.05) is 36.3 Å². The van der Waals surface area contributed by atoms with Crippen molar-refractivity contribution in [1.29, 1.82) is 0 Å². The number of nitrogens with zero attached hydrogens (tertiary/aromatic N) is 4. The van der Waals surface area contributed by atoms with Crippen LogP contribution in [0.4, 0.5) is 0 Å². The van der Waals surface area contributed by atoms with Crippen molar-refractivity contribution in [3.8, 4) is 11.1 Å². The Morgan fingerprint density at radius 3 is 2.76 bits per heavy atom. The second-order valence-electron chi connectivity index (χ2n) is 8.05. The molecule has 3 aromatic heterocycles. The summed E-state index contributed by atoms with van der Waals surface area (Å²) < 4.78 is 2.49. The van der Waals surface area contributed by atoms with E-state index in [4.69, 9.17) is 9.97 Å². The van der Waals surface area contributed by atoms with E-state index in [0.717, 1.165) is 54.6 Å². The first-order valence-electron chi connectivity index (χ1n) is 10.7. The number of hydrogen-bond donors (Lipinski definition) is 1. The van der Waals surface area contributed by atoms with Crippen LogP contribution in [0.25, 0.3) is 33.1 Å². The Morgan fingerprint density at radius 1 is 1.07 bits per heavy atom. The fourth-order valence-corrected chi connectivity index (χ4v) is 4.51. The zero-order chi connectivity index (χ0) is 19.6. The SMILES string of the molecule is CCCc1nc2cnc3cc(-c4cccnc4)ccc3c2n1CC1CCNCC1. The van der Waals surface area contributed by atoms with Gasteiger partial charge in [-0.05, 0) is 56.0 Å². The fourth-order valence-electron chi connectivity index (χ4n) is 4.51. The number of nitrogens with one attached hydrogen (secondary N) is 1. The molecule has 4 aromatic rings. The van der Waals surface area contributed by atoms with Gasteiger partial charge in [-0.25, -0.2) is 4.98 Å². The van der Waals surface area contributed by atoms with Gasteiger partial charge in [0.25, 0.3) is 0 Å². The number of rotatable bonds is 5. The quantitative estimate of drug-likeness (QED) is 0.545. The Balaban J connectivity index is 1.64. The summed E-state index contributed by atoms with van der Waals surface area (Å²) in [6.45, 7) is 5.52. The zero-order valence-corrected chi connectivity index (χ0v) is 16.9. The first kappa shape index (κ1) is 18.3. The molecule has 5 heteroatoms. The molecule has 29 heavy (non-hydrogen) atoms. The molecular formula is C24H27N5. The average Bonchev–Trinajstić information content (AvgIpc) is 3.12. The molecule has 0 spiro atoms. The molecule has 1 N–H and O–H groups in total. The Labute approximate surface area is 171 Å². The van der Waals surface area contributed by atoms with Gasteiger partial charge in [-0.15, -0.1) is 0 Å². The van der Waals surface area contributed by atoms with Crippen molar-refractivity contribution < 1.29 is 0 Å².